The van der Waals surface area contributed by atoms with E-state index in [-0.39, 0.29) is 11.5 Å². The zero-order chi connectivity index (χ0) is 28.8. The normalized spacial score (nSPS) is 16.3. The second-order valence-corrected chi connectivity index (χ2v) is 12.5. The predicted molar refractivity (Wildman–Crippen MR) is 162 cm³/mol. The predicted octanol–water partition coefficient (Wildman–Crippen LogP) is 5.53. The molecular formula is C31H29N9S. The summed E-state index contributed by atoms with van der Waals surface area (Å²) >= 11 is 1.57. The van der Waals surface area contributed by atoms with Crippen molar-refractivity contribution in [2.24, 2.45) is 5.41 Å². The number of hydrazine groups is 2. The van der Waals surface area contributed by atoms with Gasteiger partial charge in [-0.05, 0) is 42.0 Å². The van der Waals surface area contributed by atoms with Crippen molar-refractivity contribution in [2.75, 3.05) is 17.2 Å². The molecule has 1 aliphatic heterocycles. The molecule has 0 saturated heterocycles. The summed E-state index contributed by atoms with van der Waals surface area (Å²) in [5.41, 5.74) is 13.7. The Morgan fingerprint density at radius 3 is 2.73 bits per heavy atom. The number of nitrogens with zero attached hydrogens (tertiary/aromatic N) is 5. The van der Waals surface area contributed by atoms with Crippen LogP contribution in [0.4, 0.5) is 11.4 Å². The number of fused-ring (bicyclic) bond motifs is 2. The minimum Gasteiger partial charge on any atom is -0.383 e. The molecule has 1 atom stereocenters. The molecular weight excluding hydrogens is 530 g/mol. The lowest BCUT2D eigenvalue weighted by molar-refractivity contribution is 0.217. The van der Waals surface area contributed by atoms with Gasteiger partial charge in [0, 0.05) is 30.0 Å². The van der Waals surface area contributed by atoms with E-state index in [2.05, 4.69) is 76.5 Å². The minimum atomic E-state index is -0.544. The Morgan fingerprint density at radius 1 is 1.20 bits per heavy atom. The molecule has 1 saturated carbocycles. The number of benzene rings is 2. The minimum absolute atomic E-state index is 0.00966. The van der Waals surface area contributed by atoms with Gasteiger partial charge in [-0.1, -0.05) is 38.8 Å². The molecule has 3 heterocycles. The molecule has 0 spiro atoms. The van der Waals surface area contributed by atoms with Crippen LogP contribution >= 0.6 is 11.3 Å². The lowest BCUT2D eigenvalue weighted by Gasteiger charge is -2.24. The van der Waals surface area contributed by atoms with Crippen molar-refractivity contribution in [2.45, 2.75) is 45.2 Å². The average molecular weight is 560 g/mol. The number of terminal acetylenes is 1. The number of nitriles is 2. The molecule has 2 aromatic carbocycles. The van der Waals surface area contributed by atoms with Gasteiger partial charge >= 0.3 is 0 Å². The van der Waals surface area contributed by atoms with Crippen LogP contribution in [0, 0.1) is 40.4 Å². The van der Waals surface area contributed by atoms with Crippen LogP contribution in [0.25, 0.3) is 21.1 Å². The van der Waals surface area contributed by atoms with Crippen LogP contribution in [-0.4, -0.2) is 27.1 Å². The number of hydrogen-bond donors (Lipinski definition) is 4. The van der Waals surface area contributed by atoms with Crippen LogP contribution in [0.3, 0.4) is 0 Å². The third-order valence-electron chi connectivity index (χ3n) is 7.34. The van der Waals surface area contributed by atoms with Crippen molar-refractivity contribution in [1.82, 2.24) is 25.9 Å². The highest BCUT2D eigenvalue weighted by atomic mass is 32.1. The standard InChI is InChI=1S/C31H29N9S/c1-5-19-14-34-27-20(13-32)11-21(12-23(27)26(19)35-17-30(2,3)4)37-28(22-7-6-8-24-29(22)41-18-36-24)25-15-40(39-38-25)31(16-33)9-10-31/h1,6-8,11-12,14-15,18,28,37-39H,9-10,17H2,2-4H3,(H,34,35)/t28-/m0/s1. The van der Waals surface area contributed by atoms with E-state index in [0.717, 1.165) is 51.1 Å². The fourth-order valence-electron chi connectivity index (χ4n) is 4.98. The smallest absolute Gasteiger partial charge is 0.143 e. The number of rotatable bonds is 7. The third-order valence-corrected chi connectivity index (χ3v) is 8.24. The second kappa shape index (κ2) is 9.98. The van der Waals surface area contributed by atoms with Gasteiger partial charge in [0.1, 0.15) is 11.6 Å². The van der Waals surface area contributed by atoms with Crippen LogP contribution in [0.1, 0.15) is 56.3 Å². The molecule has 6 rings (SSSR count). The molecule has 0 bridgehead atoms. The first-order chi connectivity index (χ1) is 19.7. The number of thiazole rings is 1. The summed E-state index contributed by atoms with van der Waals surface area (Å²) in [6.45, 7) is 7.13. The van der Waals surface area contributed by atoms with Gasteiger partial charge in [-0.15, -0.1) is 23.3 Å². The largest absolute Gasteiger partial charge is 0.383 e. The number of anilines is 2. The Bertz CT molecular complexity index is 1820. The highest BCUT2D eigenvalue weighted by Gasteiger charge is 2.50. The van der Waals surface area contributed by atoms with Crippen molar-refractivity contribution in [3.8, 4) is 24.5 Å². The van der Waals surface area contributed by atoms with Gasteiger partial charge < -0.3 is 16.1 Å². The zero-order valence-electron chi connectivity index (χ0n) is 23.0. The van der Waals surface area contributed by atoms with Gasteiger partial charge in [-0.25, -0.2) is 4.98 Å². The summed E-state index contributed by atoms with van der Waals surface area (Å²) in [4.78, 5) is 9.08. The first-order valence-electron chi connectivity index (χ1n) is 13.4. The number of hydrogen-bond acceptors (Lipinski definition) is 10. The lowest BCUT2D eigenvalue weighted by Crippen LogP contribution is -2.44. The van der Waals surface area contributed by atoms with Crippen LogP contribution in [0.15, 0.2) is 53.9 Å². The maximum absolute atomic E-state index is 10.1. The van der Waals surface area contributed by atoms with Gasteiger partial charge in [0.15, 0.2) is 0 Å². The van der Waals surface area contributed by atoms with Gasteiger partial charge in [0.25, 0.3) is 0 Å². The molecule has 2 aromatic heterocycles. The molecule has 2 aliphatic rings. The summed E-state index contributed by atoms with van der Waals surface area (Å²) < 4.78 is 1.05. The van der Waals surface area contributed by atoms with Crippen molar-refractivity contribution < 1.29 is 0 Å². The molecule has 0 unspecified atom stereocenters. The molecule has 9 nitrogen and oxygen atoms in total. The fourth-order valence-corrected chi connectivity index (χ4v) is 5.82. The SMILES string of the molecule is C#Cc1cnc2c(C#N)cc(N[C@H](C3=CN(C4(C#N)CC4)NN3)c3cccc4ncsc34)cc2c1NCC(C)(C)C. The van der Waals surface area contributed by atoms with Crippen LogP contribution in [-0.2, 0) is 0 Å². The van der Waals surface area contributed by atoms with Gasteiger partial charge in [-0.2, -0.15) is 10.5 Å². The zero-order valence-corrected chi connectivity index (χ0v) is 23.9. The summed E-state index contributed by atoms with van der Waals surface area (Å²) in [7, 11) is 0. The van der Waals surface area contributed by atoms with Crippen LogP contribution in [0.2, 0.25) is 0 Å². The van der Waals surface area contributed by atoms with Gasteiger partial charge in [-0.3, -0.25) is 9.99 Å². The van der Waals surface area contributed by atoms with E-state index in [0.29, 0.717) is 23.2 Å². The lowest BCUT2D eigenvalue weighted by atomic mass is 9.96. The van der Waals surface area contributed by atoms with Crippen molar-refractivity contribution >= 4 is 43.8 Å². The van der Waals surface area contributed by atoms with Gasteiger partial charge in [0.05, 0.1) is 55.9 Å². The molecule has 1 fully saturated rings. The summed E-state index contributed by atoms with van der Waals surface area (Å²) in [6.07, 6.45) is 11.1. The summed E-state index contributed by atoms with van der Waals surface area (Å²) in [5, 5.41) is 29.7. The topological polar surface area (TPSA) is 125 Å². The summed E-state index contributed by atoms with van der Waals surface area (Å²) in [5.74, 6) is 2.75. The monoisotopic (exact) mass is 559 g/mol. The maximum atomic E-state index is 10.1. The quantitative estimate of drug-likeness (QED) is 0.216. The highest BCUT2D eigenvalue weighted by molar-refractivity contribution is 7.17. The highest BCUT2D eigenvalue weighted by Crippen LogP contribution is 2.43. The average Bonchev–Trinajstić information content (AvgIpc) is 3.35. The number of pyridine rings is 1. The van der Waals surface area contributed by atoms with E-state index in [1.54, 1.807) is 17.5 Å². The Morgan fingerprint density at radius 2 is 2.02 bits per heavy atom. The maximum Gasteiger partial charge on any atom is 0.143 e. The van der Waals surface area contributed by atoms with Crippen molar-refractivity contribution in [3.63, 3.8) is 0 Å². The Balaban J connectivity index is 1.48. The van der Waals surface area contributed by atoms with E-state index < -0.39 is 5.54 Å². The number of aromatic nitrogens is 2. The molecule has 4 aromatic rings. The molecule has 204 valence electrons. The van der Waals surface area contributed by atoms with Crippen molar-refractivity contribution in [1.29, 1.82) is 10.5 Å². The van der Waals surface area contributed by atoms with E-state index in [4.69, 9.17) is 6.42 Å². The molecule has 0 amide bonds. The molecule has 4 N–H and O–H groups in total. The molecule has 0 radical (unpaired) electrons. The van der Waals surface area contributed by atoms with E-state index >= 15 is 0 Å². The Labute approximate surface area is 242 Å². The molecule has 41 heavy (non-hydrogen) atoms. The van der Waals surface area contributed by atoms with E-state index in [9.17, 15) is 10.5 Å². The first kappa shape index (κ1) is 26.4. The Kier molecular flexibility index (Phi) is 6.43. The van der Waals surface area contributed by atoms with Crippen LogP contribution < -0.4 is 21.6 Å². The molecule has 1 aliphatic carbocycles. The molecule has 10 heteroatoms. The summed E-state index contributed by atoms with van der Waals surface area (Å²) in [6, 6.07) is 14.3. The van der Waals surface area contributed by atoms with E-state index in [1.807, 2.05) is 41.0 Å². The first-order valence-corrected chi connectivity index (χ1v) is 14.2. The van der Waals surface area contributed by atoms with E-state index in [1.165, 1.54) is 0 Å². The number of nitrogens with one attached hydrogen (secondary N) is 4. The Hall–Kier alpha value is -4.82. The second-order valence-electron chi connectivity index (χ2n) is 11.6. The van der Waals surface area contributed by atoms with Crippen molar-refractivity contribution in [3.05, 3.63) is 70.6 Å². The van der Waals surface area contributed by atoms with Gasteiger partial charge in [0.2, 0.25) is 0 Å². The third kappa shape index (κ3) is 4.87. The van der Waals surface area contributed by atoms with Crippen LogP contribution in [0.5, 0.6) is 0 Å². The fraction of sp³-hybridized carbons (Fsp3) is 0.290.